The lowest BCUT2D eigenvalue weighted by atomic mass is 9.93. The number of ether oxygens (including phenoxy) is 2. The zero-order chi connectivity index (χ0) is 35.5. The normalized spacial score (nSPS) is 16.5. The molecule has 1 aliphatic carbocycles. The lowest BCUT2D eigenvalue weighted by Crippen LogP contribution is -2.41. The van der Waals surface area contributed by atoms with E-state index in [4.69, 9.17) is 37.8 Å². The number of nitrogens with one attached hydrogen (secondary N) is 1. The molecule has 4 aromatic rings. The summed E-state index contributed by atoms with van der Waals surface area (Å²) in [5.41, 5.74) is 5.25. The van der Waals surface area contributed by atoms with Crippen LogP contribution in [0.25, 0.3) is 11.1 Å². The monoisotopic (exact) mass is 720 g/mol. The van der Waals surface area contributed by atoms with Crippen LogP contribution in [0.15, 0.2) is 67.0 Å². The number of carbonyl (C=O) groups is 4. The number of halogens is 2. The number of anilines is 1. The van der Waals surface area contributed by atoms with Crippen molar-refractivity contribution >= 4 is 52.8 Å². The topological polar surface area (TPSA) is 160 Å². The van der Waals surface area contributed by atoms with E-state index in [0.717, 1.165) is 34.4 Å². The molecule has 6 rings (SSSR count). The summed E-state index contributed by atoms with van der Waals surface area (Å²) in [5, 5.41) is 26.2. The number of rotatable bonds is 13. The fraction of sp³-hybridized carbons (Fsp3) is 0.306. The molecule has 260 valence electrons. The SMILES string of the molecule is Cc1c(Cl)cccc1OCCOC(=O)N1C[C@@H]2C[C@@H]2c2c(-c3cnn(Cc4cc(C(=O)N[C@@H](CCC(=O)O)C(=O)O)ccc4Cl)c3)cccc21. The van der Waals surface area contributed by atoms with Crippen molar-refractivity contribution in [3.05, 3.63) is 99.3 Å². The number of fused-ring (bicyclic) bond motifs is 3. The highest BCUT2D eigenvalue weighted by Gasteiger charge is 2.48. The van der Waals surface area contributed by atoms with Gasteiger partial charge in [-0.3, -0.25) is 19.2 Å². The highest BCUT2D eigenvalue weighted by Crippen LogP contribution is 2.57. The van der Waals surface area contributed by atoms with Crippen molar-refractivity contribution in [2.75, 3.05) is 24.7 Å². The second kappa shape index (κ2) is 14.8. The maximum absolute atomic E-state index is 13.3. The average Bonchev–Trinajstić information content (AvgIpc) is 3.74. The highest BCUT2D eigenvalue weighted by atomic mass is 35.5. The molecule has 2 aliphatic rings. The van der Waals surface area contributed by atoms with Crippen LogP contribution in [0.2, 0.25) is 10.0 Å². The molecule has 2 amide bonds. The van der Waals surface area contributed by atoms with E-state index in [9.17, 15) is 24.3 Å². The van der Waals surface area contributed by atoms with Gasteiger partial charge in [-0.2, -0.15) is 5.10 Å². The number of carboxylic acid groups (broad SMARTS) is 2. The van der Waals surface area contributed by atoms with E-state index in [0.29, 0.717) is 39.7 Å². The summed E-state index contributed by atoms with van der Waals surface area (Å²) in [6.07, 6.45) is 3.47. The Hall–Kier alpha value is -5.07. The van der Waals surface area contributed by atoms with Crippen LogP contribution < -0.4 is 15.0 Å². The molecule has 1 saturated carbocycles. The number of aliphatic carboxylic acids is 2. The van der Waals surface area contributed by atoms with Gasteiger partial charge in [0, 0.05) is 45.9 Å². The Bertz CT molecular complexity index is 1960. The first kappa shape index (κ1) is 34.8. The van der Waals surface area contributed by atoms with Gasteiger partial charge in [0.05, 0.1) is 18.4 Å². The average molecular weight is 722 g/mol. The standard InChI is InChI=1S/C36H34Cl2N4O8/c1-20-27(37)5-3-7-31(20)49-12-13-50-36(48)42-19-22-15-26(22)33-25(4-2-6-30(33)42)24-16-39-41(18-24)17-23-14-21(8-9-28(23)38)34(45)40-29(35(46)47)10-11-32(43)44/h2-9,14,16,18,22,26,29H,10-13,15,17,19H2,1H3,(H,40,45)(H,43,44)(H,46,47)/t22-,26-,29-/m0/s1. The van der Waals surface area contributed by atoms with Gasteiger partial charge in [0.2, 0.25) is 0 Å². The van der Waals surface area contributed by atoms with E-state index in [1.54, 1.807) is 40.0 Å². The summed E-state index contributed by atoms with van der Waals surface area (Å²) in [5.74, 6) is -1.86. The molecule has 3 N–H and O–H groups in total. The molecule has 0 unspecified atom stereocenters. The summed E-state index contributed by atoms with van der Waals surface area (Å²) in [6, 6.07) is 14.5. The largest absolute Gasteiger partial charge is 0.490 e. The minimum Gasteiger partial charge on any atom is -0.490 e. The van der Waals surface area contributed by atoms with Gasteiger partial charge >= 0.3 is 18.0 Å². The number of amides is 2. The minimum atomic E-state index is -1.36. The van der Waals surface area contributed by atoms with E-state index in [-0.39, 0.29) is 31.7 Å². The van der Waals surface area contributed by atoms with Crippen LogP contribution in [-0.2, 0) is 20.9 Å². The second-order valence-electron chi connectivity index (χ2n) is 12.3. The smallest absolute Gasteiger partial charge is 0.414 e. The van der Waals surface area contributed by atoms with Crippen molar-refractivity contribution < 1.29 is 38.9 Å². The van der Waals surface area contributed by atoms with Crippen molar-refractivity contribution in [2.24, 2.45) is 5.92 Å². The summed E-state index contributed by atoms with van der Waals surface area (Å²) in [7, 11) is 0. The summed E-state index contributed by atoms with van der Waals surface area (Å²) < 4.78 is 13.1. The highest BCUT2D eigenvalue weighted by molar-refractivity contribution is 6.31. The summed E-state index contributed by atoms with van der Waals surface area (Å²) in [6.45, 7) is 2.92. The maximum atomic E-state index is 13.3. The Morgan fingerprint density at radius 3 is 2.62 bits per heavy atom. The van der Waals surface area contributed by atoms with Crippen LogP contribution in [-0.4, -0.2) is 69.7 Å². The van der Waals surface area contributed by atoms with E-state index < -0.39 is 36.4 Å². The third-order valence-corrected chi connectivity index (χ3v) is 9.70. The Kier molecular flexibility index (Phi) is 10.3. The minimum absolute atomic E-state index is 0.0768. The van der Waals surface area contributed by atoms with Crippen molar-refractivity contribution in [3.8, 4) is 16.9 Å². The molecule has 0 saturated heterocycles. The van der Waals surface area contributed by atoms with Crippen LogP contribution in [0.3, 0.4) is 0 Å². The lowest BCUT2D eigenvalue weighted by Gasteiger charge is -2.29. The molecule has 14 heteroatoms. The number of carbonyl (C=O) groups excluding carboxylic acids is 2. The van der Waals surface area contributed by atoms with Crippen molar-refractivity contribution in [1.82, 2.24) is 15.1 Å². The van der Waals surface area contributed by atoms with Gasteiger partial charge in [0.25, 0.3) is 5.91 Å². The van der Waals surface area contributed by atoms with Crippen LogP contribution in [0.1, 0.15) is 52.2 Å². The van der Waals surface area contributed by atoms with Gasteiger partial charge < -0.3 is 25.0 Å². The molecule has 3 atom stereocenters. The predicted molar refractivity (Wildman–Crippen MR) is 185 cm³/mol. The number of aromatic nitrogens is 2. The van der Waals surface area contributed by atoms with Crippen molar-refractivity contribution in [3.63, 3.8) is 0 Å². The molecule has 0 spiro atoms. The van der Waals surface area contributed by atoms with Gasteiger partial charge in [-0.15, -0.1) is 0 Å². The number of carboxylic acids is 2. The number of hydrogen-bond donors (Lipinski definition) is 3. The molecule has 0 radical (unpaired) electrons. The van der Waals surface area contributed by atoms with Gasteiger partial charge in [0.1, 0.15) is 25.0 Å². The summed E-state index contributed by atoms with van der Waals surface area (Å²) >= 11 is 12.6. The zero-order valence-corrected chi connectivity index (χ0v) is 28.5. The first-order chi connectivity index (χ1) is 24.0. The molecule has 1 fully saturated rings. The fourth-order valence-corrected chi connectivity index (χ4v) is 6.55. The second-order valence-corrected chi connectivity index (χ2v) is 13.1. The molecule has 3 aromatic carbocycles. The molecule has 1 aliphatic heterocycles. The van der Waals surface area contributed by atoms with Crippen molar-refractivity contribution in [1.29, 1.82) is 0 Å². The first-order valence-electron chi connectivity index (χ1n) is 16.0. The maximum Gasteiger partial charge on any atom is 0.414 e. The Balaban J connectivity index is 1.14. The van der Waals surface area contributed by atoms with Crippen LogP contribution >= 0.6 is 23.2 Å². The van der Waals surface area contributed by atoms with Gasteiger partial charge in [-0.1, -0.05) is 41.4 Å². The van der Waals surface area contributed by atoms with Crippen LogP contribution in [0.4, 0.5) is 10.5 Å². The third-order valence-electron chi connectivity index (χ3n) is 8.92. The quantitative estimate of drug-likeness (QED) is 0.133. The third kappa shape index (κ3) is 7.71. The summed E-state index contributed by atoms with van der Waals surface area (Å²) in [4.78, 5) is 50.3. The van der Waals surface area contributed by atoms with E-state index in [1.165, 1.54) is 6.07 Å². The Labute approximate surface area is 297 Å². The first-order valence-corrected chi connectivity index (χ1v) is 16.8. The molecule has 2 heterocycles. The van der Waals surface area contributed by atoms with Crippen molar-refractivity contribution in [2.45, 2.75) is 44.7 Å². The molecule has 0 bridgehead atoms. The van der Waals surface area contributed by atoms with Gasteiger partial charge in [-0.25, -0.2) is 9.59 Å². The number of nitrogens with zero attached hydrogens (tertiary/aromatic N) is 3. The molecular formula is C36H34Cl2N4O8. The number of hydrogen-bond acceptors (Lipinski definition) is 7. The van der Waals surface area contributed by atoms with Gasteiger partial charge in [-0.05, 0) is 84.7 Å². The Morgan fingerprint density at radius 1 is 1.04 bits per heavy atom. The van der Waals surface area contributed by atoms with Crippen LogP contribution in [0, 0.1) is 12.8 Å². The lowest BCUT2D eigenvalue weighted by molar-refractivity contribution is -0.140. The van der Waals surface area contributed by atoms with E-state index in [2.05, 4.69) is 10.4 Å². The molecule has 12 nitrogen and oxygen atoms in total. The zero-order valence-electron chi connectivity index (χ0n) is 27.0. The van der Waals surface area contributed by atoms with Gasteiger partial charge in [0.15, 0.2) is 0 Å². The van der Waals surface area contributed by atoms with Crippen LogP contribution in [0.5, 0.6) is 5.75 Å². The van der Waals surface area contributed by atoms with E-state index >= 15 is 0 Å². The van der Waals surface area contributed by atoms with E-state index in [1.807, 2.05) is 37.4 Å². The number of benzene rings is 3. The fourth-order valence-electron chi connectivity index (χ4n) is 6.21. The Morgan fingerprint density at radius 2 is 1.84 bits per heavy atom. The predicted octanol–water partition coefficient (Wildman–Crippen LogP) is 6.40. The molecule has 50 heavy (non-hydrogen) atoms. The molecule has 1 aromatic heterocycles. The molecular weight excluding hydrogens is 687 g/mol.